The monoisotopic (exact) mass is 413 g/mol. The molecule has 0 aromatic carbocycles. The first-order valence-electron chi connectivity index (χ1n) is 10.0. The van der Waals surface area contributed by atoms with Crippen molar-refractivity contribution >= 4 is 29.1 Å². The fourth-order valence-corrected chi connectivity index (χ4v) is 4.38. The normalized spacial score (nSPS) is 27.8. The second kappa shape index (κ2) is 10.3. The summed E-state index contributed by atoms with van der Waals surface area (Å²) in [6.45, 7) is 5.15. The Morgan fingerprint density at radius 1 is 1.39 bits per heavy atom. The number of nitrogens with zero attached hydrogens (tertiary/aromatic N) is 2. The van der Waals surface area contributed by atoms with Gasteiger partial charge in [-0.25, -0.2) is 0 Å². The molecule has 3 atom stereocenters. The fraction of sp³-hybridized carbons (Fsp3) is 0.833. The topological polar surface area (TPSA) is 95.2 Å². The second-order valence-electron chi connectivity index (χ2n) is 7.47. The van der Waals surface area contributed by atoms with Crippen molar-refractivity contribution in [3.63, 3.8) is 0 Å². The lowest BCUT2D eigenvalue weighted by atomic mass is 10.0. The Kier molecular flexibility index (Phi) is 7.83. The van der Waals surface area contributed by atoms with Crippen molar-refractivity contribution in [1.29, 1.82) is 0 Å². The number of thiocarbonyl (C=S) groups is 1. The smallest absolute Gasteiger partial charge is 0.237 e. The molecule has 0 saturated carbocycles. The SMILES string of the molecule is COCCNC(=S)N[C@H]1C[C@H]2C(=O)NC[C@@H](CCC(=O)N3CCOCC3)N2C1. The third kappa shape index (κ3) is 5.53. The largest absolute Gasteiger partial charge is 0.383 e. The maximum atomic E-state index is 12.4. The van der Waals surface area contributed by atoms with E-state index in [9.17, 15) is 9.59 Å². The highest BCUT2D eigenvalue weighted by Gasteiger charge is 2.43. The lowest BCUT2D eigenvalue weighted by Crippen LogP contribution is -2.58. The average Bonchev–Trinajstić information content (AvgIpc) is 3.12. The molecule has 0 aromatic heterocycles. The van der Waals surface area contributed by atoms with Crippen LogP contribution in [-0.2, 0) is 19.1 Å². The summed E-state index contributed by atoms with van der Waals surface area (Å²) >= 11 is 5.33. The van der Waals surface area contributed by atoms with Gasteiger partial charge in [-0.05, 0) is 25.1 Å². The number of methoxy groups -OCH3 is 1. The van der Waals surface area contributed by atoms with E-state index in [-0.39, 0.29) is 29.9 Å². The molecule has 0 bridgehead atoms. The van der Waals surface area contributed by atoms with Crippen molar-refractivity contribution < 1.29 is 19.1 Å². The number of carbonyl (C=O) groups excluding carboxylic acids is 2. The van der Waals surface area contributed by atoms with Gasteiger partial charge in [0.25, 0.3) is 0 Å². The minimum absolute atomic E-state index is 0.0679. The maximum absolute atomic E-state index is 12.4. The summed E-state index contributed by atoms with van der Waals surface area (Å²) in [5.74, 6) is 0.243. The Labute approximate surface area is 171 Å². The van der Waals surface area contributed by atoms with E-state index >= 15 is 0 Å². The number of nitrogens with one attached hydrogen (secondary N) is 3. The van der Waals surface area contributed by atoms with E-state index < -0.39 is 0 Å². The van der Waals surface area contributed by atoms with Crippen molar-refractivity contribution in [3.8, 4) is 0 Å². The van der Waals surface area contributed by atoms with Crippen LogP contribution < -0.4 is 16.0 Å². The highest BCUT2D eigenvalue weighted by molar-refractivity contribution is 7.80. The number of hydrogen-bond acceptors (Lipinski definition) is 6. The van der Waals surface area contributed by atoms with Crippen molar-refractivity contribution in [1.82, 2.24) is 25.8 Å². The molecule has 2 amide bonds. The van der Waals surface area contributed by atoms with Crippen LogP contribution in [0.25, 0.3) is 0 Å². The number of carbonyl (C=O) groups is 2. The molecule has 3 aliphatic rings. The van der Waals surface area contributed by atoms with Gasteiger partial charge < -0.3 is 30.3 Å². The van der Waals surface area contributed by atoms with Crippen LogP contribution in [0.15, 0.2) is 0 Å². The molecule has 3 heterocycles. The van der Waals surface area contributed by atoms with Gasteiger partial charge in [0.2, 0.25) is 11.8 Å². The predicted molar refractivity (Wildman–Crippen MR) is 108 cm³/mol. The number of hydrogen-bond donors (Lipinski definition) is 3. The molecule has 0 radical (unpaired) electrons. The fourth-order valence-electron chi connectivity index (χ4n) is 4.11. The molecule has 0 spiro atoms. The van der Waals surface area contributed by atoms with Gasteiger partial charge >= 0.3 is 0 Å². The molecular formula is C18H31N5O4S. The molecule has 3 fully saturated rings. The van der Waals surface area contributed by atoms with E-state index in [1.807, 2.05) is 4.90 Å². The zero-order valence-electron chi connectivity index (χ0n) is 16.4. The summed E-state index contributed by atoms with van der Waals surface area (Å²) in [5, 5.41) is 10.0. The number of fused-ring (bicyclic) bond motifs is 1. The third-order valence-corrected chi connectivity index (χ3v) is 5.87. The van der Waals surface area contributed by atoms with Crippen LogP contribution in [0.5, 0.6) is 0 Å². The van der Waals surface area contributed by atoms with Gasteiger partial charge in [0.1, 0.15) is 0 Å². The van der Waals surface area contributed by atoms with Gasteiger partial charge in [-0.1, -0.05) is 0 Å². The highest BCUT2D eigenvalue weighted by atomic mass is 32.1. The number of piperazine rings is 1. The van der Waals surface area contributed by atoms with E-state index in [0.717, 1.165) is 13.0 Å². The van der Waals surface area contributed by atoms with Crippen LogP contribution in [0.2, 0.25) is 0 Å². The van der Waals surface area contributed by atoms with Crippen molar-refractivity contribution in [2.24, 2.45) is 0 Å². The number of amides is 2. The Morgan fingerprint density at radius 3 is 2.93 bits per heavy atom. The minimum Gasteiger partial charge on any atom is -0.383 e. The molecule has 3 aliphatic heterocycles. The second-order valence-corrected chi connectivity index (χ2v) is 7.88. The van der Waals surface area contributed by atoms with Crippen LogP contribution >= 0.6 is 12.2 Å². The lowest BCUT2D eigenvalue weighted by molar-refractivity contribution is -0.135. The number of morpholine rings is 1. The van der Waals surface area contributed by atoms with Crippen LogP contribution in [0.3, 0.4) is 0 Å². The Morgan fingerprint density at radius 2 is 2.18 bits per heavy atom. The van der Waals surface area contributed by atoms with E-state index in [0.29, 0.717) is 64.0 Å². The molecule has 28 heavy (non-hydrogen) atoms. The van der Waals surface area contributed by atoms with Crippen molar-refractivity contribution in [3.05, 3.63) is 0 Å². The Bertz CT molecular complexity index is 572. The van der Waals surface area contributed by atoms with Crippen molar-refractivity contribution in [2.75, 3.05) is 59.7 Å². The van der Waals surface area contributed by atoms with E-state index in [1.54, 1.807) is 7.11 Å². The van der Waals surface area contributed by atoms with Crippen LogP contribution in [-0.4, -0.2) is 105 Å². The minimum atomic E-state index is -0.156. The van der Waals surface area contributed by atoms with Crippen LogP contribution in [0.1, 0.15) is 19.3 Å². The zero-order chi connectivity index (χ0) is 19.9. The summed E-state index contributed by atoms with van der Waals surface area (Å²) in [6, 6.07) is 0.139. The quantitative estimate of drug-likeness (QED) is 0.349. The van der Waals surface area contributed by atoms with Gasteiger partial charge in [-0.15, -0.1) is 0 Å². The van der Waals surface area contributed by atoms with Gasteiger partial charge in [-0.2, -0.15) is 0 Å². The average molecular weight is 414 g/mol. The molecule has 3 saturated heterocycles. The molecule has 9 nitrogen and oxygen atoms in total. The van der Waals surface area contributed by atoms with Crippen molar-refractivity contribution in [2.45, 2.75) is 37.4 Å². The number of rotatable bonds is 7. The maximum Gasteiger partial charge on any atom is 0.237 e. The molecule has 0 aliphatic carbocycles. The first-order chi connectivity index (χ1) is 13.6. The van der Waals surface area contributed by atoms with Gasteiger partial charge in [-0.3, -0.25) is 14.5 Å². The molecule has 0 aromatic rings. The summed E-state index contributed by atoms with van der Waals surface area (Å²) in [5.41, 5.74) is 0. The van der Waals surface area contributed by atoms with Gasteiger partial charge in [0.05, 0.1) is 25.9 Å². The molecule has 10 heteroatoms. The van der Waals surface area contributed by atoms with E-state index in [4.69, 9.17) is 21.7 Å². The van der Waals surface area contributed by atoms with Crippen LogP contribution in [0, 0.1) is 0 Å². The summed E-state index contributed by atoms with van der Waals surface area (Å²) in [7, 11) is 1.65. The summed E-state index contributed by atoms with van der Waals surface area (Å²) < 4.78 is 10.3. The van der Waals surface area contributed by atoms with Gasteiger partial charge in [0, 0.05) is 58.3 Å². The number of ether oxygens (including phenoxy) is 2. The summed E-state index contributed by atoms with van der Waals surface area (Å²) in [6.07, 6.45) is 1.96. The summed E-state index contributed by atoms with van der Waals surface area (Å²) in [4.78, 5) is 28.9. The third-order valence-electron chi connectivity index (χ3n) is 5.61. The van der Waals surface area contributed by atoms with Gasteiger partial charge in [0.15, 0.2) is 5.11 Å². The molecular weight excluding hydrogens is 382 g/mol. The lowest BCUT2D eigenvalue weighted by Gasteiger charge is -2.37. The van der Waals surface area contributed by atoms with Crippen LogP contribution in [0.4, 0.5) is 0 Å². The molecule has 0 unspecified atom stereocenters. The van der Waals surface area contributed by atoms with E-state index in [2.05, 4.69) is 20.9 Å². The standard InChI is InChI=1S/C18H31N5O4S/c1-26-7-4-19-18(28)21-13-10-15-17(25)20-11-14(23(15)12-13)2-3-16(24)22-5-8-27-9-6-22/h13-15H,2-12H2,1H3,(H,20,25)(H2,19,21,28)/t13-,14+,15-/m0/s1. The molecule has 158 valence electrons. The molecule has 3 N–H and O–H groups in total. The Balaban J connectivity index is 1.48. The molecule has 3 rings (SSSR count). The Hall–Kier alpha value is -1.49. The predicted octanol–water partition coefficient (Wildman–Crippen LogP) is -1.32. The van der Waals surface area contributed by atoms with E-state index in [1.165, 1.54) is 0 Å². The first kappa shape index (κ1) is 21.2. The first-order valence-corrected chi connectivity index (χ1v) is 10.4. The highest BCUT2D eigenvalue weighted by Crippen LogP contribution is 2.26. The zero-order valence-corrected chi connectivity index (χ0v) is 17.3.